The molecule has 2 aromatic heterocycles. The van der Waals surface area contributed by atoms with Crippen LogP contribution in [0.3, 0.4) is 0 Å². The lowest BCUT2D eigenvalue weighted by Gasteiger charge is -2.08. The number of benzene rings is 1. The molecule has 1 N–H and O–H groups in total. The van der Waals surface area contributed by atoms with Gasteiger partial charge in [-0.15, -0.1) is 0 Å². The maximum absolute atomic E-state index is 12.5. The van der Waals surface area contributed by atoms with Crippen molar-refractivity contribution in [3.63, 3.8) is 0 Å². The van der Waals surface area contributed by atoms with Crippen molar-refractivity contribution >= 4 is 5.91 Å². The summed E-state index contributed by atoms with van der Waals surface area (Å²) < 4.78 is 3.36. The molecule has 3 aromatic rings. The first-order chi connectivity index (χ1) is 12.5. The second kappa shape index (κ2) is 7.23. The van der Waals surface area contributed by atoms with Crippen molar-refractivity contribution < 1.29 is 4.79 Å². The van der Waals surface area contributed by atoms with Crippen molar-refractivity contribution in [3.05, 3.63) is 65.7 Å². The number of nitriles is 1. The van der Waals surface area contributed by atoms with Crippen LogP contribution in [0.2, 0.25) is 0 Å². The van der Waals surface area contributed by atoms with E-state index in [1.807, 2.05) is 44.2 Å². The Kier molecular flexibility index (Phi) is 4.85. The summed E-state index contributed by atoms with van der Waals surface area (Å²) in [4.78, 5) is 12.5. The summed E-state index contributed by atoms with van der Waals surface area (Å²) in [5.41, 5.74) is 2.75. The molecule has 26 heavy (non-hydrogen) atoms. The zero-order valence-electron chi connectivity index (χ0n) is 14.9. The predicted molar refractivity (Wildman–Crippen MR) is 96.7 cm³/mol. The molecule has 2 heterocycles. The zero-order valence-corrected chi connectivity index (χ0v) is 14.9. The fourth-order valence-electron chi connectivity index (χ4n) is 2.74. The van der Waals surface area contributed by atoms with Gasteiger partial charge in [0.1, 0.15) is 11.7 Å². The third kappa shape index (κ3) is 3.49. The van der Waals surface area contributed by atoms with Gasteiger partial charge in [-0.05, 0) is 24.1 Å². The first kappa shape index (κ1) is 17.4. The number of carbonyl (C=O) groups excluding carboxylic acids is 1. The highest BCUT2D eigenvalue weighted by atomic mass is 16.2. The topological polar surface area (TPSA) is 88.5 Å². The highest BCUT2D eigenvalue weighted by Gasteiger charge is 2.20. The fourth-order valence-corrected chi connectivity index (χ4v) is 2.74. The molecule has 1 atom stereocenters. The minimum Gasteiger partial charge on any atom is -0.331 e. The Hall–Kier alpha value is -3.40. The first-order valence-corrected chi connectivity index (χ1v) is 8.34. The molecule has 0 fully saturated rings. The number of hydrogen-bond acceptors (Lipinski definition) is 4. The SMILES string of the molecule is CC(C)c1cc(C(=O)N[C@H](C#N)c2cnn(-c3ccccc3)c2)nn1C. The monoisotopic (exact) mass is 348 g/mol. The normalized spacial score (nSPS) is 12.0. The quantitative estimate of drug-likeness (QED) is 0.768. The van der Waals surface area contributed by atoms with E-state index in [2.05, 4.69) is 21.6 Å². The van der Waals surface area contributed by atoms with Crippen LogP contribution in [-0.2, 0) is 7.05 Å². The van der Waals surface area contributed by atoms with Crippen molar-refractivity contribution in [2.75, 3.05) is 0 Å². The van der Waals surface area contributed by atoms with Gasteiger partial charge in [0, 0.05) is 24.5 Å². The van der Waals surface area contributed by atoms with Crippen LogP contribution >= 0.6 is 0 Å². The molecular weight excluding hydrogens is 328 g/mol. The number of para-hydroxylation sites is 1. The third-order valence-corrected chi connectivity index (χ3v) is 4.10. The van der Waals surface area contributed by atoms with Crippen molar-refractivity contribution in [1.29, 1.82) is 5.26 Å². The molecule has 0 spiro atoms. The first-order valence-electron chi connectivity index (χ1n) is 8.34. The lowest BCUT2D eigenvalue weighted by atomic mass is 10.1. The standard InChI is InChI=1S/C19H20N6O/c1-13(2)18-9-16(23-24(18)3)19(26)22-17(10-20)14-11-21-25(12-14)15-7-5-4-6-8-15/h4-9,11-13,17H,1-3H3,(H,22,26)/t17-/m1/s1. The summed E-state index contributed by atoms with van der Waals surface area (Å²) in [6.45, 7) is 4.07. The van der Waals surface area contributed by atoms with Gasteiger partial charge in [0.2, 0.25) is 0 Å². The summed E-state index contributed by atoms with van der Waals surface area (Å²) in [5.74, 6) is -0.128. The lowest BCUT2D eigenvalue weighted by Crippen LogP contribution is -2.27. The molecular formula is C19H20N6O. The number of aromatic nitrogens is 4. The summed E-state index contributed by atoms with van der Waals surface area (Å²) in [6, 6.07) is 12.6. The largest absolute Gasteiger partial charge is 0.331 e. The molecule has 1 aromatic carbocycles. The number of rotatable bonds is 5. The molecule has 0 radical (unpaired) electrons. The average molecular weight is 348 g/mol. The van der Waals surface area contributed by atoms with E-state index >= 15 is 0 Å². The molecule has 0 saturated carbocycles. The van der Waals surface area contributed by atoms with Crippen LogP contribution in [0, 0.1) is 11.3 Å². The van der Waals surface area contributed by atoms with Gasteiger partial charge < -0.3 is 5.32 Å². The second-order valence-electron chi connectivity index (χ2n) is 6.32. The van der Waals surface area contributed by atoms with E-state index in [4.69, 9.17) is 0 Å². The maximum atomic E-state index is 12.5. The van der Waals surface area contributed by atoms with Gasteiger partial charge in [0.15, 0.2) is 0 Å². The highest BCUT2D eigenvalue weighted by molar-refractivity contribution is 5.92. The Morgan fingerprint density at radius 3 is 2.62 bits per heavy atom. The van der Waals surface area contributed by atoms with Gasteiger partial charge in [-0.1, -0.05) is 32.0 Å². The number of hydrogen-bond donors (Lipinski definition) is 1. The molecule has 1 amide bonds. The highest BCUT2D eigenvalue weighted by Crippen LogP contribution is 2.17. The molecule has 0 unspecified atom stereocenters. The Labute approximate surface area is 151 Å². The molecule has 132 valence electrons. The Bertz CT molecular complexity index is 948. The van der Waals surface area contributed by atoms with Crippen LogP contribution in [0.15, 0.2) is 48.8 Å². The number of nitrogens with zero attached hydrogens (tertiary/aromatic N) is 5. The number of aryl methyl sites for hydroxylation is 1. The van der Waals surface area contributed by atoms with Gasteiger partial charge in [0.25, 0.3) is 5.91 Å². The van der Waals surface area contributed by atoms with Crippen LogP contribution in [0.5, 0.6) is 0 Å². The van der Waals surface area contributed by atoms with Gasteiger partial charge in [-0.3, -0.25) is 9.48 Å². The molecule has 0 bridgehead atoms. The van der Waals surface area contributed by atoms with E-state index in [0.717, 1.165) is 11.4 Å². The van der Waals surface area contributed by atoms with Gasteiger partial charge in [-0.25, -0.2) is 4.68 Å². The smallest absolute Gasteiger partial charge is 0.273 e. The summed E-state index contributed by atoms with van der Waals surface area (Å²) in [5, 5.41) is 20.7. The Morgan fingerprint density at radius 2 is 2.00 bits per heavy atom. The molecule has 7 nitrogen and oxygen atoms in total. The van der Waals surface area contributed by atoms with Crippen molar-refractivity contribution in [2.45, 2.75) is 25.8 Å². The van der Waals surface area contributed by atoms with E-state index in [-0.39, 0.29) is 11.8 Å². The molecule has 0 saturated heterocycles. The van der Waals surface area contributed by atoms with Crippen molar-refractivity contribution in [3.8, 4) is 11.8 Å². The van der Waals surface area contributed by atoms with Crippen LogP contribution < -0.4 is 5.32 Å². The number of nitrogens with one attached hydrogen (secondary N) is 1. The summed E-state index contributed by atoms with van der Waals surface area (Å²) in [7, 11) is 1.80. The minimum atomic E-state index is -0.801. The minimum absolute atomic E-state index is 0.255. The zero-order chi connectivity index (χ0) is 18.7. The molecule has 0 aliphatic heterocycles. The van der Waals surface area contributed by atoms with Crippen LogP contribution in [-0.4, -0.2) is 25.5 Å². The lowest BCUT2D eigenvalue weighted by molar-refractivity contribution is 0.0939. The van der Waals surface area contributed by atoms with Crippen LogP contribution in [0.25, 0.3) is 5.69 Å². The summed E-state index contributed by atoms with van der Waals surface area (Å²) in [6.07, 6.45) is 3.32. The number of amides is 1. The average Bonchev–Trinajstić information content (AvgIpc) is 3.27. The maximum Gasteiger partial charge on any atom is 0.273 e. The van der Waals surface area contributed by atoms with E-state index in [9.17, 15) is 10.1 Å². The van der Waals surface area contributed by atoms with Crippen molar-refractivity contribution in [2.24, 2.45) is 7.05 Å². The summed E-state index contributed by atoms with van der Waals surface area (Å²) >= 11 is 0. The fraction of sp³-hybridized carbons (Fsp3) is 0.263. The molecule has 0 aliphatic rings. The third-order valence-electron chi connectivity index (χ3n) is 4.10. The van der Waals surface area contributed by atoms with E-state index in [1.165, 1.54) is 0 Å². The Balaban J connectivity index is 1.78. The van der Waals surface area contributed by atoms with E-state index in [0.29, 0.717) is 11.3 Å². The second-order valence-corrected chi connectivity index (χ2v) is 6.32. The predicted octanol–water partition coefficient (Wildman–Crippen LogP) is 2.72. The van der Waals surface area contributed by atoms with E-state index < -0.39 is 6.04 Å². The van der Waals surface area contributed by atoms with Gasteiger partial charge >= 0.3 is 0 Å². The molecule has 3 rings (SSSR count). The number of carbonyl (C=O) groups is 1. The van der Waals surface area contributed by atoms with Crippen LogP contribution in [0.4, 0.5) is 0 Å². The Morgan fingerprint density at radius 1 is 1.27 bits per heavy atom. The van der Waals surface area contributed by atoms with Gasteiger partial charge in [-0.2, -0.15) is 15.5 Å². The molecule has 0 aliphatic carbocycles. The van der Waals surface area contributed by atoms with E-state index in [1.54, 1.807) is 34.9 Å². The van der Waals surface area contributed by atoms with Crippen molar-refractivity contribution in [1.82, 2.24) is 24.9 Å². The van der Waals surface area contributed by atoms with Gasteiger partial charge in [0.05, 0.1) is 18.0 Å². The van der Waals surface area contributed by atoms with Crippen LogP contribution in [0.1, 0.15) is 47.6 Å². The molecule has 7 heteroatoms.